The molecule has 3 aromatic rings. The van der Waals surface area contributed by atoms with Crippen molar-refractivity contribution >= 4 is 28.8 Å². The molecule has 126 valence electrons. The minimum Gasteiger partial charge on any atom is -0.352 e. The summed E-state index contributed by atoms with van der Waals surface area (Å²) in [5.41, 5.74) is 4.51. The van der Waals surface area contributed by atoms with Crippen molar-refractivity contribution in [3.8, 4) is 10.6 Å². The fraction of sp³-hybridized carbons (Fsp3) is 0.200. The molecule has 0 bridgehead atoms. The van der Waals surface area contributed by atoms with Gasteiger partial charge < -0.3 is 5.32 Å². The highest BCUT2D eigenvalue weighted by atomic mass is 35.5. The van der Waals surface area contributed by atoms with Crippen molar-refractivity contribution in [1.82, 2.24) is 10.3 Å². The zero-order valence-corrected chi connectivity index (χ0v) is 15.1. The molecule has 1 aliphatic rings. The molecule has 1 N–H and O–H groups in total. The van der Waals surface area contributed by atoms with Gasteiger partial charge in [0.15, 0.2) is 0 Å². The van der Waals surface area contributed by atoms with Gasteiger partial charge in [-0.3, -0.25) is 4.79 Å². The lowest BCUT2D eigenvalue weighted by molar-refractivity contribution is -0.121. The molecule has 0 aliphatic heterocycles. The topological polar surface area (TPSA) is 42.0 Å². The Bertz CT molecular complexity index is 879. The average molecular weight is 369 g/mol. The van der Waals surface area contributed by atoms with Crippen molar-refractivity contribution in [3.63, 3.8) is 0 Å². The number of amides is 1. The second-order valence-electron chi connectivity index (χ2n) is 6.27. The summed E-state index contributed by atoms with van der Waals surface area (Å²) in [4.78, 5) is 16.9. The number of benzene rings is 2. The number of thiazole rings is 1. The number of carbonyl (C=O) groups excluding carboxylic acids is 1. The van der Waals surface area contributed by atoms with Gasteiger partial charge in [-0.2, -0.15) is 0 Å². The van der Waals surface area contributed by atoms with Gasteiger partial charge in [0.1, 0.15) is 5.01 Å². The van der Waals surface area contributed by atoms with Crippen LogP contribution in [0.4, 0.5) is 0 Å². The molecule has 1 amide bonds. The Morgan fingerprint density at radius 1 is 1.12 bits per heavy atom. The Labute approximate surface area is 155 Å². The fourth-order valence-electron chi connectivity index (χ4n) is 3.22. The lowest BCUT2D eigenvalue weighted by Gasteiger charge is -2.11. The third-order valence-corrected chi connectivity index (χ3v) is 5.59. The number of carbonyl (C=O) groups is 1. The molecule has 1 heterocycles. The molecule has 1 aliphatic carbocycles. The van der Waals surface area contributed by atoms with Crippen LogP contribution in [0.25, 0.3) is 10.6 Å². The maximum absolute atomic E-state index is 12.3. The fourth-order valence-corrected chi connectivity index (χ4v) is 4.17. The normalized spacial score (nSPS) is 13.6. The number of rotatable bonds is 4. The van der Waals surface area contributed by atoms with Crippen LogP contribution in [0, 0.1) is 0 Å². The van der Waals surface area contributed by atoms with Gasteiger partial charge in [0, 0.05) is 22.0 Å². The first-order chi connectivity index (χ1) is 12.2. The van der Waals surface area contributed by atoms with E-state index in [2.05, 4.69) is 34.6 Å². The standard InChI is InChI=1S/C20H17ClN2OS/c21-16-7-5-13(6-8-16)20-23-18(12-25-20)11-19(24)22-17-9-14-3-1-2-4-15(14)10-17/h1-8,12,17H,9-11H2,(H,22,24). The summed E-state index contributed by atoms with van der Waals surface area (Å²) in [6.45, 7) is 0. The molecule has 3 nitrogen and oxygen atoms in total. The molecule has 5 heteroatoms. The summed E-state index contributed by atoms with van der Waals surface area (Å²) in [5, 5.41) is 6.71. The smallest absolute Gasteiger partial charge is 0.226 e. The largest absolute Gasteiger partial charge is 0.352 e. The van der Waals surface area contributed by atoms with E-state index in [1.165, 1.54) is 11.1 Å². The van der Waals surface area contributed by atoms with Crippen LogP contribution < -0.4 is 5.32 Å². The van der Waals surface area contributed by atoms with Gasteiger partial charge in [0.25, 0.3) is 0 Å². The van der Waals surface area contributed by atoms with Gasteiger partial charge in [-0.05, 0) is 36.1 Å². The number of fused-ring (bicyclic) bond motifs is 1. The van der Waals surface area contributed by atoms with Crippen LogP contribution in [0.3, 0.4) is 0 Å². The van der Waals surface area contributed by atoms with Gasteiger partial charge in [0.05, 0.1) is 12.1 Å². The van der Waals surface area contributed by atoms with Crippen molar-refractivity contribution in [3.05, 3.63) is 75.8 Å². The second-order valence-corrected chi connectivity index (χ2v) is 7.56. The maximum Gasteiger partial charge on any atom is 0.226 e. The SMILES string of the molecule is O=C(Cc1csc(-c2ccc(Cl)cc2)n1)NC1Cc2ccccc2C1. The molecule has 25 heavy (non-hydrogen) atoms. The molecule has 0 saturated carbocycles. The highest BCUT2D eigenvalue weighted by molar-refractivity contribution is 7.13. The molecule has 0 fully saturated rings. The lowest BCUT2D eigenvalue weighted by atomic mass is 10.1. The first-order valence-corrected chi connectivity index (χ1v) is 9.49. The number of aromatic nitrogens is 1. The lowest BCUT2D eigenvalue weighted by Crippen LogP contribution is -2.36. The summed E-state index contributed by atoms with van der Waals surface area (Å²) in [5.74, 6) is 0.0331. The van der Waals surface area contributed by atoms with Crippen LogP contribution >= 0.6 is 22.9 Å². The van der Waals surface area contributed by atoms with E-state index in [0.29, 0.717) is 11.4 Å². The zero-order chi connectivity index (χ0) is 17.2. The van der Waals surface area contributed by atoms with Crippen LogP contribution in [0.15, 0.2) is 53.9 Å². The van der Waals surface area contributed by atoms with Crippen molar-refractivity contribution in [2.24, 2.45) is 0 Å². The van der Waals surface area contributed by atoms with E-state index in [9.17, 15) is 4.79 Å². The molecule has 0 radical (unpaired) electrons. The molecule has 0 spiro atoms. The highest BCUT2D eigenvalue weighted by Crippen LogP contribution is 2.25. The number of halogens is 1. The minimum absolute atomic E-state index is 0.0331. The molecule has 0 atom stereocenters. The van der Waals surface area contributed by atoms with Gasteiger partial charge in [-0.1, -0.05) is 48.0 Å². The van der Waals surface area contributed by atoms with E-state index in [-0.39, 0.29) is 11.9 Å². The number of nitrogens with one attached hydrogen (secondary N) is 1. The molecular weight excluding hydrogens is 352 g/mol. The Morgan fingerprint density at radius 2 is 1.80 bits per heavy atom. The molecule has 1 aromatic heterocycles. The van der Waals surface area contributed by atoms with E-state index >= 15 is 0 Å². The van der Waals surface area contributed by atoms with Crippen molar-refractivity contribution < 1.29 is 4.79 Å². The number of nitrogens with zero attached hydrogens (tertiary/aromatic N) is 1. The van der Waals surface area contributed by atoms with E-state index in [1.54, 1.807) is 11.3 Å². The predicted octanol–water partition coefficient (Wildman–Crippen LogP) is 4.29. The van der Waals surface area contributed by atoms with E-state index in [0.717, 1.165) is 29.1 Å². The van der Waals surface area contributed by atoms with E-state index in [1.807, 2.05) is 29.6 Å². The van der Waals surface area contributed by atoms with Crippen LogP contribution in [-0.4, -0.2) is 16.9 Å². The van der Waals surface area contributed by atoms with E-state index in [4.69, 9.17) is 11.6 Å². The summed E-state index contributed by atoms with van der Waals surface area (Å²) < 4.78 is 0. The second kappa shape index (κ2) is 6.98. The van der Waals surface area contributed by atoms with Crippen LogP contribution in [0.1, 0.15) is 16.8 Å². The quantitative estimate of drug-likeness (QED) is 0.746. The summed E-state index contributed by atoms with van der Waals surface area (Å²) in [6, 6.07) is 16.2. The minimum atomic E-state index is 0.0331. The summed E-state index contributed by atoms with van der Waals surface area (Å²) in [7, 11) is 0. The third kappa shape index (κ3) is 3.75. The van der Waals surface area contributed by atoms with Crippen LogP contribution in [0.2, 0.25) is 5.02 Å². The highest BCUT2D eigenvalue weighted by Gasteiger charge is 2.22. The predicted molar refractivity (Wildman–Crippen MR) is 102 cm³/mol. The van der Waals surface area contributed by atoms with Crippen molar-refractivity contribution in [2.75, 3.05) is 0 Å². The molecule has 4 rings (SSSR count). The van der Waals surface area contributed by atoms with Crippen LogP contribution in [0.5, 0.6) is 0 Å². The Balaban J connectivity index is 1.37. The molecule has 2 aromatic carbocycles. The van der Waals surface area contributed by atoms with Crippen LogP contribution in [-0.2, 0) is 24.1 Å². The van der Waals surface area contributed by atoms with E-state index < -0.39 is 0 Å². The number of hydrogen-bond donors (Lipinski definition) is 1. The first-order valence-electron chi connectivity index (χ1n) is 8.24. The summed E-state index contributed by atoms with van der Waals surface area (Å²) in [6.07, 6.45) is 2.14. The van der Waals surface area contributed by atoms with Gasteiger partial charge >= 0.3 is 0 Å². The Hall–Kier alpha value is -2.17. The van der Waals surface area contributed by atoms with Gasteiger partial charge in [-0.25, -0.2) is 4.98 Å². The van der Waals surface area contributed by atoms with Crippen molar-refractivity contribution in [2.45, 2.75) is 25.3 Å². The monoisotopic (exact) mass is 368 g/mol. The first kappa shape index (κ1) is 16.3. The zero-order valence-electron chi connectivity index (χ0n) is 13.5. The van der Waals surface area contributed by atoms with Gasteiger partial charge in [-0.15, -0.1) is 11.3 Å². The van der Waals surface area contributed by atoms with Crippen molar-refractivity contribution in [1.29, 1.82) is 0 Å². The Morgan fingerprint density at radius 3 is 2.48 bits per heavy atom. The molecular formula is C20H17ClN2OS. The summed E-state index contributed by atoms with van der Waals surface area (Å²) >= 11 is 7.47. The maximum atomic E-state index is 12.3. The third-order valence-electron chi connectivity index (χ3n) is 4.40. The van der Waals surface area contributed by atoms with Gasteiger partial charge in [0.2, 0.25) is 5.91 Å². The number of hydrogen-bond acceptors (Lipinski definition) is 3. The molecule has 0 unspecified atom stereocenters. The molecule has 0 saturated heterocycles. The average Bonchev–Trinajstić information content (AvgIpc) is 3.21. The Kier molecular flexibility index (Phi) is 4.55.